The second-order valence-corrected chi connectivity index (χ2v) is 6.69. The minimum atomic E-state index is -0.614. The summed E-state index contributed by atoms with van der Waals surface area (Å²) in [5.74, 6) is 0.500. The molecule has 144 valence electrons. The van der Waals surface area contributed by atoms with Gasteiger partial charge in [-0.05, 0) is 58.8 Å². The van der Waals surface area contributed by atoms with Crippen LogP contribution < -0.4 is 9.47 Å². The molecule has 0 N–H and O–H groups in total. The predicted molar refractivity (Wildman–Crippen MR) is 106 cm³/mol. The largest absolute Gasteiger partial charge is 0.493 e. The maximum Gasteiger partial charge on any atom is 0.363 e. The fourth-order valence-corrected chi connectivity index (χ4v) is 3.33. The summed E-state index contributed by atoms with van der Waals surface area (Å²) in [6.07, 6.45) is 1.56. The second kappa shape index (κ2) is 7.81. The number of carbonyl (C=O) groups excluding carboxylic acids is 1. The lowest BCUT2D eigenvalue weighted by Crippen LogP contribution is -2.06. The number of ether oxygens (including phenoxy) is 3. The zero-order valence-corrected chi connectivity index (χ0v) is 16.8. The second-order valence-electron chi connectivity index (χ2n) is 5.83. The number of hydrogen-bond acceptors (Lipinski definition) is 7. The zero-order chi connectivity index (χ0) is 20.4. The van der Waals surface area contributed by atoms with E-state index in [1.54, 1.807) is 31.2 Å². The number of nitrogens with zero attached hydrogens (tertiary/aromatic N) is 2. The van der Waals surface area contributed by atoms with Gasteiger partial charge in [0.15, 0.2) is 17.2 Å². The van der Waals surface area contributed by atoms with Gasteiger partial charge in [-0.2, -0.15) is 0 Å². The Hall–Kier alpha value is -3.20. The number of methoxy groups -OCH3 is 2. The normalized spacial score (nSPS) is 14.6. The molecule has 28 heavy (non-hydrogen) atoms. The number of hydrogen-bond donors (Lipinski definition) is 0. The van der Waals surface area contributed by atoms with Crippen LogP contribution in [0.25, 0.3) is 6.08 Å². The molecular weight excluding hydrogens is 432 g/mol. The summed E-state index contributed by atoms with van der Waals surface area (Å²) >= 11 is 3.40. The lowest BCUT2D eigenvalue weighted by molar-refractivity contribution is -0.385. The first-order valence-electron chi connectivity index (χ1n) is 8.03. The van der Waals surface area contributed by atoms with Gasteiger partial charge in [0.2, 0.25) is 5.90 Å². The Kier molecular flexibility index (Phi) is 5.46. The molecule has 0 unspecified atom stereocenters. The summed E-state index contributed by atoms with van der Waals surface area (Å²) in [6, 6.07) is 7.86. The molecular formula is C19H15BrN2O6. The molecule has 8 nitrogen and oxygen atoms in total. The minimum Gasteiger partial charge on any atom is -0.493 e. The van der Waals surface area contributed by atoms with Crippen LogP contribution in [0.15, 0.2) is 45.5 Å². The van der Waals surface area contributed by atoms with Crippen LogP contribution in [0.4, 0.5) is 5.69 Å². The molecule has 1 aliphatic heterocycles. The van der Waals surface area contributed by atoms with Crippen molar-refractivity contribution in [3.8, 4) is 11.5 Å². The van der Waals surface area contributed by atoms with Gasteiger partial charge < -0.3 is 14.2 Å². The Balaban J connectivity index is 1.97. The van der Waals surface area contributed by atoms with Crippen LogP contribution >= 0.6 is 15.9 Å². The Morgan fingerprint density at radius 1 is 1.21 bits per heavy atom. The van der Waals surface area contributed by atoms with Crippen molar-refractivity contribution in [1.82, 2.24) is 0 Å². The van der Waals surface area contributed by atoms with Crippen molar-refractivity contribution >= 4 is 39.6 Å². The molecule has 2 aromatic carbocycles. The molecule has 2 aromatic rings. The fourth-order valence-electron chi connectivity index (χ4n) is 2.71. The van der Waals surface area contributed by atoms with E-state index in [1.165, 1.54) is 26.4 Å². The number of rotatable bonds is 5. The third-order valence-corrected chi connectivity index (χ3v) is 4.61. The van der Waals surface area contributed by atoms with Gasteiger partial charge >= 0.3 is 5.97 Å². The van der Waals surface area contributed by atoms with E-state index in [-0.39, 0.29) is 17.3 Å². The van der Waals surface area contributed by atoms with Crippen molar-refractivity contribution in [3.63, 3.8) is 0 Å². The van der Waals surface area contributed by atoms with Crippen LogP contribution in [0.1, 0.15) is 16.7 Å². The van der Waals surface area contributed by atoms with Crippen LogP contribution in [-0.4, -0.2) is 31.0 Å². The maximum absolute atomic E-state index is 12.2. The minimum absolute atomic E-state index is 0.0142. The Labute approximate surface area is 168 Å². The van der Waals surface area contributed by atoms with Gasteiger partial charge in [0.1, 0.15) is 0 Å². The van der Waals surface area contributed by atoms with Crippen molar-refractivity contribution < 1.29 is 23.9 Å². The van der Waals surface area contributed by atoms with Gasteiger partial charge in [-0.1, -0.05) is 0 Å². The summed E-state index contributed by atoms with van der Waals surface area (Å²) < 4.78 is 16.4. The molecule has 0 amide bonds. The summed E-state index contributed by atoms with van der Waals surface area (Å²) in [5, 5.41) is 10.9. The van der Waals surface area contributed by atoms with Crippen LogP contribution in [0.5, 0.6) is 11.5 Å². The Morgan fingerprint density at radius 2 is 1.96 bits per heavy atom. The third-order valence-electron chi connectivity index (χ3n) is 4.02. The van der Waals surface area contributed by atoms with E-state index >= 15 is 0 Å². The molecule has 1 heterocycles. The van der Waals surface area contributed by atoms with E-state index in [9.17, 15) is 14.9 Å². The van der Waals surface area contributed by atoms with Gasteiger partial charge in [0.05, 0.1) is 23.6 Å². The highest BCUT2D eigenvalue weighted by atomic mass is 79.9. The number of benzene rings is 2. The van der Waals surface area contributed by atoms with E-state index in [0.717, 1.165) is 0 Å². The highest BCUT2D eigenvalue weighted by molar-refractivity contribution is 9.10. The van der Waals surface area contributed by atoms with Crippen molar-refractivity contribution in [2.45, 2.75) is 6.92 Å². The highest BCUT2D eigenvalue weighted by Gasteiger charge is 2.25. The number of nitro groups is 1. The smallest absolute Gasteiger partial charge is 0.363 e. The van der Waals surface area contributed by atoms with Gasteiger partial charge in [-0.3, -0.25) is 10.1 Å². The molecule has 0 radical (unpaired) electrons. The van der Waals surface area contributed by atoms with E-state index in [0.29, 0.717) is 32.7 Å². The van der Waals surface area contributed by atoms with Crippen molar-refractivity contribution in [3.05, 3.63) is 67.3 Å². The monoisotopic (exact) mass is 446 g/mol. The van der Waals surface area contributed by atoms with E-state index in [1.807, 2.05) is 0 Å². The van der Waals surface area contributed by atoms with Crippen molar-refractivity contribution in [2.75, 3.05) is 14.2 Å². The van der Waals surface area contributed by atoms with Crippen LogP contribution in [0.3, 0.4) is 0 Å². The SMILES string of the molecule is COc1cc(/C=C2\N=C(c3ccc([N+](=O)[O-])c(C)c3)OC2=O)cc(Br)c1OC. The molecule has 0 aliphatic carbocycles. The average Bonchev–Trinajstić information content (AvgIpc) is 3.01. The number of cyclic esters (lactones) is 1. The number of aliphatic imine (C=N–C) groups is 1. The Bertz CT molecular complexity index is 1040. The highest BCUT2D eigenvalue weighted by Crippen LogP contribution is 2.37. The average molecular weight is 447 g/mol. The molecule has 0 atom stereocenters. The van der Waals surface area contributed by atoms with E-state index in [4.69, 9.17) is 14.2 Å². The predicted octanol–water partition coefficient (Wildman–Crippen LogP) is 4.03. The molecule has 0 spiro atoms. The molecule has 0 aromatic heterocycles. The fraction of sp³-hybridized carbons (Fsp3) is 0.158. The quantitative estimate of drug-likeness (QED) is 0.297. The Morgan fingerprint density at radius 3 is 2.57 bits per heavy atom. The first-order chi connectivity index (χ1) is 13.3. The summed E-state index contributed by atoms with van der Waals surface area (Å²) in [7, 11) is 3.04. The molecule has 9 heteroatoms. The number of halogens is 1. The number of aryl methyl sites for hydroxylation is 1. The van der Waals surface area contributed by atoms with Gasteiger partial charge in [0, 0.05) is 17.2 Å². The maximum atomic E-state index is 12.2. The summed E-state index contributed by atoms with van der Waals surface area (Å²) in [4.78, 5) is 26.9. The lowest BCUT2D eigenvalue weighted by atomic mass is 10.1. The summed E-state index contributed by atoms with van der Waals surface area (Å²) in [6.45, 7) is 1.61. The number of esters is 1. The number of nitro benzene ring substituents is 1. The molecule has 0 bridgehead atoms. The number of carbonyl (C=O) groups is 1. The third kappa shape index (κ3) is 3.74. The van der Waals surface area contributed by atoms with Gasteiger partial charge in [-0.15, -0.1) is 0 Å². The van der Waals surface area contributed by atoms with Crippen LogP contribution in [0.2, 0.25) is 0 Å². The summed E-state index contributed by atoms with van der Waals surface area (Å²) in [5.41, 5.74) is 1.67. The molecule has 0 fully saturated rings. The molecule has 0 saturated heterocycles. The van der Waals surface area contributed by atoms with E-state index < -0.39 is 10.9 Å². The van der Waals surface area contributed by atoms with E-state index in [2.05, 4.69) is 20.9 Å². The first kappa shape index (κ1) is 19.6. The zero-order valence-electron chi connectivity index (χ0n) is 15.2. The van der Waals surface area contributed by atoms with Gasteiger partial charge in [-0.25, -0.2) is 9.79 Å². The van der Waals surface area contributed by atoms with Crippen LogP contribution in [-0.2, 0) is 9.53 Å². The standard InChI is InChI=1S/C19H15BrN2O6/c1-10-6-12(4-5-15(10)22(24)25)18-21-14(19(23)28-18)8-11-7-13(20)17(27-3)16(9-11)26-2/h4-9H,1-3H3/b14-8-. The molecule has 0 saturated carbocycles. The first-order valence-corrected chi connectivity index (χ1v) is 8.83. The molecule has 1 aliphatic rings. The van der Waals surface area contributed by atoms with Crippen molar-refractivity contribution in [1.29, 1.82) is 0 Å². The lowest BCUT2D eigenvalue weighted by Gasteiger charge is -2.10. The topological polar surface area (TPSA) is 100 Å². The van der Waals surface area contributed by atoms with Crippen molar-refractivity contribution in [2.24, 2.45) is 4.99 Å². The van der Waals surface area contributed by atoms with Gasteiger partial charge in [0.25, 0.3) is 5.69 Å². The molecule has 3 rings (SSSR count). The van der Waals surface area contributed by atoms with Crippen LogP contribution in [0, 0.1) is 17.0 Å².